The van der Waals surface area contributed by atoms with Crippen LogP contribution in [0.5, 0.6) is 0 Å². The first-order chi connectivity index (χ1) is 17.6. The third-order valence-electron chi connectivity index (χ3n) is 7.24. The van der Waals surface area contributed by atoms with Gasteiger partial charge in [0.15, 0.2) is 0 Å². The van der Waals surface area contributed by atoms with E-state index in [0.717, 1.165) is 29.9 Å². The number of carbonyl (C=O) groups is 1. The van der Waals surface area contributed by atoms with E-state index in [1.54, 1.807) is 0 Å². The number of carbonyl (C=O) groups excluding carboxylic acids is 1. The summed E-state index contributed by atoms with van der Waals surface area (Å²) in [4.78, 5) is 22.9. The predicted octanol–water partition coefficient (Wildman–Crippen LogP) is 6.12. The van der Waals surface area contributed by atoms with Crippen molar-refractivity contribution in [1.82, 2.24) is 19.4 Å². The number of nitrogens with zero attached hydrogens (tertiary/aromatic N) is 4. The Morgan fingerprint density at radius 1 is 0.833 bits per heavy atom. The zero-order valence-electron chi connectivity index (χ0n) is 21.4. The summed E-state index contributed by atoms with van der Waals surface area (Å²) in [7, 11) is 0. The Hall–Kier alpha value is -3.44. The number of piperidine rings is 1. The topological polar surface area (TPSA) is 41.4 Å². The maximum atomic E-state index is 13.4. The van der Waals surface area contributed by atoms with Crippen molar-refractivity contribution in [2.45, 2.75) is 58.8 Å². The standard InChI is InChI=1S/C31H36N4O/c1-24(2)34(31(36)25-13-5-3-6-14-25)23-30-32-28-17-9-10-18-29(28)35(30)22-27-16-8-7-15-26(27)21-33-19-11-4-12-20-33/h3,5-10,13-18,24H,4,11-12,19-23H2,1-2H3. The molecular formula is C31H36N4O. The lowest BCUT2D eigenvalue weighted by Crippen LogP contribution is -2.37. The number of imidazole rings is 1. The molecule has 5 nitrogen and oxygen atoms in total. The summed E-state index contributed by atoms with van der Waals surface area (Å²) in [5.41, 5.74) is 5.48. The highest BCUT2D eigenvalue weighted by Crippen LogP contribution is 2.23. The van der Waals surface area contributed by atoms with Gasteiger partial charge in [-0.05, 0) is 75.2 Å². The lowest BCUT2D eigenvalue weighted by atomic mass is 10.0. The van der Waals surface area contributed by atoms with Crippen LogP contribution < -0.4 is 0 Å². The van der Waals surface area contributed by atoms with E-state index in [0.29, 0.717) is 12.1 Å². The first kappa shape index (κ1) is 24.3. The molecule has 0 N–H and O–H groups in total. The fourth-order valence-electron chi connectivity index (χ4n) is 5.21. The molecule has 5 heteroatoms. The van der Waals surface area contributed by atoms with Crippen LogP contribution in [-0.2, 0) is 19.6 Å². The van der Waals surface area contributed by atoms with Crippen molar-refractivity contribution in [1.29, 1.82) is 0 Å². The van der Waals surface area contributed by atoms with Gasteiger partial charge in [0, 0.05) is 24.7 Å². The molecule has 4 aromatic rings. The summed E-state index contributed by atoms with van der Waals surface area (Å²) in [6.07, 6.45) is 3.93. The summed E-state index contributed by atoms with van der Waals surface area (Å²) < 4.78 is 2.30. The van der Waals surface area contributed by atoms with Crippen LogP contribution in [0.3, 0.4) is 0 Å². The first-order valence-electron chi connectivity index (χ1n) is 13.2. The normalized spacial score (nSPS) is 14.4. The maximum Gasteiger partial charge on any atom is 0.254 e. The van der Waals surface area contributed by atoms with Gasteiger partial charge >= 0.3 is 0 Å². The molecule has 1 saturated heterocycles. The summed E-state index contributed by atoms with van der Waals surface area (Å²) in [6, 6.07) is 26.7. The van der Waals surface area contributed by atoms with Gasteiger partial charge in [0.2, 0.25) is 0 Å². The number of para-hydroxylation sites is 2. The molecular weight excluding hydrogens is 444 g/mol. The van der Waals surface area contributed by atoms with Crippen LogP contribution in [0.1, 0.15) is 60.4 Å². The average molecular weight is 481 g/mol. The van der Waals surface area contributed by atoms with Gasteiger partial charge in [-0.25, -0.2) is 4.98 Å². The second kappa shape index (κ2) is 11.1. The SMILES string of the molecule is CC(C)N(Cc1nc2ccccc2n1Cc1ccccc1CN1CCCCC1)C(=O)c1ccccc1. The lowest BCUT2D eigenvalue weighted by molar-refractivity contribution is 0.0683. The molecule has 186 valence electrons. The summed E-state index contributed by atoms with van der Waals surface area (Å²) in [5, 5.41) is 0. The minimum absolute atomic E-state index is 0.0368. The van der Waals surface area contributed by atoms with E-state index in [2.05, 4.69) is 65.8 Å². The zero-order chi connectivity index (χ0) is 24.9. The quantitative estimate of drug-likeness (QED) is 0.305. The molecule has 1 fully saturated rings. The zero-order valence-corrected chi connectivity index (χ0v) is 21.4. The van der Waals surface area contributed by atoms with Gasteiger partial charge in [-0.2, -0.15) is 0 Å². The van der Waals surface area contributed by atoms with Crippen LogP contribution in [0.2, 0.25) is 0 Å². The van der Waals surface area contributed by atoms with Crippen LogP contribution in [0, 0.1) is 0 Å². The smallest absolute Gasteiger partial charge is 0.254 e. The molecule has 0 spiro atoms. The molecule has 36 heavy (non-hydrogen) atoms. The fraction of sp³-hybridized carbons (Fsp3) is 0.355. The number of fused-ring (bicyclic) bond motifs is 1. The van der Waals surface area contributed by atoms with Crippen LogP contribution in [-0.4, -0.2) is 44.4 Å². The monoisotopic (exact) mass is 480 g/mol. The highest BCUT2D eigenvalue weighted by Gasteiger charge is 2.23. The molecule has 0 bridgehead atoms. The molecule has 0 radical (unpaired) electrons. The van der Waals surface area contributed by atoms with Gasteiger partial charge in [-0.15, -0.1) is 0 Å². The third-order valence-corrected chi connectivity index (χ3v) is 7.24. The molecule has 3 aromatic carbocycles. The Labute approximate surface area is 214 Å². The van der Waals surface area contributed by atoms with E-state index < -0.39 is 0 Å². The van der Waals surface area contributed by atoms with Crippen molar-refractivity contribution in [2.24, 2.45) is 0 Å². The van der Waals surface area contributed by atoms with Gasteiger partial charge in [-0.3, -0.25) is 9.69 Å². The van der Waals surface area contributed by atoms with Crippen LogP contribution >= 0.6 is 0 Å². The maximum absolute atomic E-state index is 13.4. The second-order valence-electron chi connectivity index (χ2n) is 10.1. The molecule has 1 aliphatic heterocycles. The van der Waals surface area contributed by atoms with E-state index >= 15 is 0 Å². The summed E-state index contributed by atoms with van der Waals surface area (Å²) >= 11 is 0. The molecule has 0 unspecified atom stereocenters. The van der Waals surface area contributed by atoms with Gasteiger partial charge < -0.3 is 9.47 Å². The molecule has 5 rings (SSSR count). The lowest BCUT2D eigenvalue weighted by Gasteiger charge is -2.28. The predicted molar refractivity (Wildman–Crippen MR) is 146 cm³/mol. The number of hydrogen-bond acceptors (Lipinski definition) is 3. The van der Waals surface area contributed by atoms with Gasteiger partial charge in [-0.1, -0.05) is 61.0 Å². The first-order valence-corrected chi connectivity index (χ1v) is 13.2. The van der Waals surface area contributed by atoms with Crippen molar-refractivity contribution in [2.75, 3.05) is 13.1 Å². The van der Waals surface area contributed by atoms with E-state index in [4.69, 9.17) is 4.98 Å². The Morgan fingerprint density at radius 3 is 2.19 bits per heavy atom. The molecule has 0 aliphatic carbocycles. The highest BCUT2D eigenvalue weighted by molar-refractivity contribution is 5.94. The van der Waals surface area contributed by atoms with E-state index in [1.165, 1.54) is 43.5 Å². The Bertz CT molecular complexity index is 1300. The van der Waals surface area contributed by atoms with E-state index in [9.17, 15) is 4.79 Å². The Kier molecular flexibility index (Phi) is 7.47. The van der Waals surface area contributed by atoms with Crippen LogP contribution in [0.25, 0.3) is 11.0 Å². The largest absolute Gasteiger partial charge is 0.329 e. The fourth-order valence-corrected chi connectivity index (χ4v) is 5.21. The van der Waals surface area contributed by atoms with Crippen molar-refractivity contribution < 1.29 is 4.79 Å². The minimum atomic E-state index is 0.0368. The molecule has 0 saturated carbocycles. The van der Waals surface area contributed by atoms with Crippen molar-refractivity contribution in [3.05, 3.63) is 101 Å². The average Bonchev–Trinajstić information content (AvgIpc) is 3.26. The van der Waals surface area contributed by atoms with Gasteiger partial charge in [0.1, 0.15) is 5.82 Å². The number of likely N-dealkylation sites (tertiary alicyclic amines) is 1. The van der Waals surface area contributed by atoms with Crippen LogP contribution in [0.4, 0.5) is 0 Å². The number of aromatic nitrogens is 2. The van der Waals surface area contributed by atoms with Crippen molar-refractivity contribution in [3.63, 3.8) is 0 Å². The Morgan fingerprint density at radius 2 is 1.47 bits per heavy atom. The second-order valence-corrected chi connectivity index (χ2v) is 10.1. The number of amides is 1. The Balaban J connectivity index is 1.48. The minimum Gasteiger partial charge on any atom is -0.329 e. The van der Waals surface area contributed by atoms with Gasteiger partial charge in [0.25, 0.3) is 5.91 Å². The number of benzene rings is 3. The number of rotatable bonds is 8. The summed E-state index contributed by atoms with van der Waals surface area (Å²) in [5.74, 6) is 0.955. The van der Waals surface area contributed by atoms with Crippen molar-refractivity contribution in [3.8, 4) is 0 Å². The molecule has 2 heterocycles. The van der Waals surface area contributed by atoms with E-state index in [1.807, 2.05) is 41.3 Å². The molecule has 1 aromatic heterocycles. The van der Waals surface area contributed by atoms with Crippen LogP contribution in [0.15, 0.2) is 78.9 Å². The molecule has 0 atom stereocenters. The molecule has 1 aliphatic rings. The highest BCUT2D eigenvalue weighted by atomic mass is 16.2. The summed E-state index contributed by atoms with van der Waals surface area (Å²) in [6.45, 7) is 8.70. The van der Waals surface area contributed by atoms with Crippen molar-refractivity contribution >= 4 is 16.9 Å². The van der Waals surface area contributed by atoms with Gasteiger partial charge in [0.05, 0.1) is 17.6 Å². The van der Waals surface area contributed by atoms with E-state index in [-0.39, 0.29) is 11.9 Å². The third kappa shape index (κ3) is 5.36. The number of hydrogen-bond donors (Lipinski definition) is 0. The molecule has 1 amide bonds.